The Bertz CT molecular complexity index is 485. The third-order valence-corrected chi connectivity index (χ3v) is 3.67. The van der Waals surface area contributed by atoms with Crippen LogP contribution < -0.4 is 16.4 Å². The predicted octanol–water partition coefficient (Wildman–Crippen LogP) is 1.64. The van der Waals surface area contributed by atoms with Crippen LogP contribution in [0, 0.1) is 5.92 Å². The second-order valence-corrected chi connectivity index (χ2v) is 5.93. The monoisotopic (exact) mass is 298 g/mol. The van der Waals surface area contributed by atoms with Crippen LogP contribution in [0.25, 0.3) is 0 Å². The Balaban J connectivity index is 2.78. The van der Waals surface area contributed by atoms with E-state index in [1.165, 1.54) is 0 Å². The van der Waals surface area contributed by atoms with E-state index < -0.39 is 0 Å². The molecule has 0 spiro atoms. The van der Waals surface area contributed by atoms with Gasteiger partial charge in [-0.15, -0.1) is 0 Å². The number of anilines is 1. The highest BCUT2D eigenvalue weighted by atomic mass is 32.1. The fourth-order valence-corrected chi connectivity index (χ4v) is 2.10. The molecular formula is C13H22N4O2S. The molecule has 1 heterocycles. The van der Waals surface area contributed by atoms with Gasteiger partial charge in [0.25, 0.3) is 11.8 Å². The van der Waals surface area contributed by atoms with Crippen LogP contribution in [0.15, 0.2) is 0 Å². The molecule has 1 atom stereocenters. The van der Waals surface area contributed by atoms with Crippen molar-refractivity contribution in [2.24, 2.45) is 5.92 Å². The molecule has 6 nitrogen and oxygen atoms in total. The maximum Gasteiger partial charge on any atom is 0.273 e. The first-order chi connectivity index (χ1) is 9.36. The van der Waals surface area contributed by atoms with Crippen molar-refractivity contribution in [2.45, 2.75) is 40.2 Å². The lowest BCUT2D eigenvalue weighted by atomic mass is 10.2. The van der Waals surface area contributed by atoms with Gasteiger partial charge >= 0.3 is 0 Å². The third-order valence-electron chi connectivity index (χ3n) is 2.81. The van der Waals surface area contributed by atoms with Gasteiger partial charge in [0.05, 0.1) is 5.69 Å². The van der Waals surface area contributed by atoms with Crippen molar-refractivity contribution in [3.63, 3.8) is 0 Å². The first-order valence-corrected chi connectivity index (χ1v) is 7.48. The van der Waals surface area contributed by atoms with Gasteiger partial charge in [-0.25, -0.2) is 0 Å². The average molecular weight is 298 g/mol. The second-order valence-electron chi connectivity index (χ2n) is 5.16. The van der Waals surface area contributed by atoms with Gasteiger partial charge in [0.15, 0.2) is 5.69 Å². The van der Waals surface area contributed by atoms with Crippen LogP contribution in [0.2, 0.25) is 0 Å². The zero-order valence-corrected chi connectivity index (χ0v) is 13.1. The van der Waals surface area contributed by atoms with Crippen molar-refractivity contribution in [3.05, 3.63) is 10.6 Å². The maximum atomic E-state index is 12.0. The molecule has 0 bridgehead atoms. The van der Waals surface area contributed by atoms with Gasteiger partial charge in [-0.1, -0.05) is 20.8 Å². The molecule has 0 aliphatic heterocycles. The zero-order chi connectivity index (χ0) is 15.3. The minimum Gasteiger partial charge on any atom is -0.395 e. The van der Waals surface area contributed by atoms with Gasteiger partial charge < -0.3 is 16.4 Å². The van der Waals surface area contributed by atoms with E-state index in [0.29, 0.717) is 17.3 Å². The highest BCUT2D eigenvalue weighted by Gasteiger charge is 2.22. The number of nitrogens with zero attached hydrogens (tertiary/aromatic N) is 1. The van der Waals surface area contributed by atoms with E-state index in [1.807, 2.05) is 27.7 Å². The summed E-state index contributed by atoms with van der Waals surface area (Å²) in [7, 11) is 0. The molecule has 7 heteroatoms. The summed E-state index contributed by atoms with van der Waals surface area (Å²) in [5.41, 5.74) is 6.13. The second kappa shape index (κ2) is 7.23. The molecule has 0 radical (unpaired) electrons. The number of nitrogen functional groups attached to an aromatic ring is 1. The number of carbonyl (C=O) groups excluding carboxylic acids is 2. The topological polar surface area (TPSA) is 97.1 Å². The molecule has 0 aliphatic rings. The van der Waals surface area contributed by atoms with Gasteiger partial charge in [-0.2, -0.15) is 4.37 Å². The number of aromatic nitrogens is 1. The van der Waals surface area contributed by atoms with E-state index in [9.17, 15) is 9.59 Å². The minimum absolute atomic E-state index is 0.0576. The number of nitrogens with two attached hydrogens (primary N) is 1. The molecule has 112 valence electrons. The highest BCUT2D eigenvalue weighted by molar-refractivity contribution is 7.09. The largest absolute Gasteiger partial charge is 0.395 e. The van der Waals surface area contributed by atoms with Gasteiger partial charge in [0, 0.05) is 12.6 Å². The summed E-state index contributed by atoms with van der Waals surface area (Å²) in [6, 6.07) is 0.0576. The van der Waals surface area contributed by atoms with Gasteiger partial charge in [-0.3, -0.25) is 9.59 Å². The molecule has 1 aromatic heterocycles. The summed E-state index contributed by atoms with van der Waals surface area (Å²) in [5, 5.41) is 5.55. The molecule has 0 aromatic carbocycles. The van der Waals surface area contributed by atoms with E-state index >= 15 is 0 Å². The number of hydrogen-bond acceptors (Lipinski definition) is 5. The molecular weight excluding hydrogens is 276 g/mol. The summed E-state index contributed by atoms with van der Waals surface area (Å²) in [5.74, 6) is -0.278. The maximum absolute atomic E-state index is 12.0. The zero-order valence-electron chi connectivity index (χ0n) is 12.3. The Morgan fingerprint density at radius 3 is 2.50 bits per heavy atom. The molecule has 0 unspecified atom stereocenters. The summed E-state index contributed by atoms with van der Waals surface area (Å²) in [6.45, 7) is 8.42. The number of carbonyl (C=O) groups is 2. The molecule has 1 rings (SSSR count). The number of amides is 2. The Kier molecular flexibility index (Phi) is 5.94. The van der Waals surface area contributed by atoms with Crippen molar-refractivity contribution >= 4 is 29.0 Å². The van der Waals surface area contributed by atoms with Crippen LogP contribution in [-0.2, 0) is 0 Å². The normalized spacial score (nSPS) is 12.2. The molecule has 0 fully saturated rings. The van der Waals surface area contributed by atoms with Gasteiger partial charge in [0.1, 0.15) is 4.88 Å². The lowest BCUT2D eigenvalue weighted by Crippen LogP contribution is -2.32. The van der Waals surface area contributed by atoms with Crippen molar-refractivity contribution in [2.75, 3.05) is 12.3 Å². The Morgan fingerprint density at radius 1 is 1.30 bits per heavy atom. The van der Waals surface area contributed by atoms with Crippen molar-refractivity contribution in [1.82, 2.24) is 15.0 Å². The SMILES string of the molecule is CC[C@@H](C)NC(=O)c1snc(C(=O)NCC(C)C)c1N. The molecule has 20 heavy (non-hydrogen) atoms. The van der Waals surface area contributed by atoms with Crippen molar-refractivity contribution in [3.8, 4) is 0 Å². The first kappa shape index (κ1) is 16.4. The van der Waals surface area contributed by atoms with E-state index in [0.717, 1.165) is 18.0 Å². The Hall–Kier alpha value is -1.63. The van der Waals surface area contributed by atoms with Crippen LogP contribution >= 0.6 is 11.5 Å². The molecule has 0 aliphatic carbocycles. The van der Waals surface area contributed by atoms with Gasteiger partial charge in [-0.05, 0) is 30.8 Å². The number of rotatable bonds is 6. The van der Waals surface area contributed by atoms with E-state index in [2.05, 4.69) is 15.0 Å². The lowest BCUT2D eigenvalue weighted by molar-refractivity contribution is 0.0941. The summed E-state index contributed by atoms with van der Waals surface area (Å²) >= 11 is 0.951. The van der Waals surface area contributed by atoms with E-state index in [4.69, 9.17) is 5.73 Å². The average Bonchev–Trinajstić information content (AvgIpc) is 2.77. The van der Waals surface area contributed by atoms with Gasteiger partial charge in [0.2, 0.25) is 0 Å². The van der Waals surface area contributed by atoms with E-state index in [-0.39, 0.29) is 29.2 Å². The van der Waals surface area contributed by atoms with Crippen molar-refractivity contribution < 1.29 is 9.59 Å². The van der Waals surface area contributed by atoms with E-state index in [1.54, 1.807) is 0 Å². The standard InChI is InChI=1S/C13H22N4O2S/c1-5-8(4)16-13(19)11-9(14)10(17-20-11)12(18)15-6-7(2)3/h7-8H,5-6,14H2,1-4H3,(H,15,18)(H,16,19)/t8-/m1/s1. The molecule has 0 saturated heterocycles. The smallest absolute Gasteiger partial charge is 0.273 e. The van der Waals surface area contributed by atoms with Crippen molar-refractivity contribution in [1.29, 1.82) is 0 Å². The van der Waals surface area contributed by atoms with Crippen LogP contribution in [-0.4, -0.2) is 28.8 Å². The molecule has 1 aromatic rings. The molecule has 4 N–H and O–H groups in total. The number of hydrogen-bond donors (Lipinski definition) is 3. The summed E-state index contributed by atoms with van der Waals surface area (Å²) < 4.78 is 3.99. The summed E-state index contributed by atoms with van der Waals surface area (Å²) in [6.07, 6.45) is 0.826. The minimum atomic E-state index is -0.338. The fraction of sp³-hybridized carbons (Fsp3) is 0.615. The first-order valence-electron chi connectivity index (χ1n) is 6.71. The highest BCUT2D eigenvalue weighted by Crippen LogP contribution is 2.21. The lowest BCUT2D eigenvalue weighted by Gasteiger charge is -2.10. The molecule has 2 amide bonds. The number of nitrogens with one attached hydrogen (secondary N) is 2. The summed E-state index contributed by atoms with van der Waals surface area (Å²) in [4.78, 5) is 24.2. The Labute approximate surface area is 123 Å². The third kappa shape index (κ3) is 4.19. The quantitative estimate of drug-likeness (QED) is 0.743. The molecule has 0 saturated carbocycles. The predicted molar refractivity (Wildman–Crippen MR) is 80.9 cm³/mol. The fourth-order valence-electron chi connectivity index (χ4n) is 1.40. The van der Waals surface area contributed by atoms with Crippen LogP contribution in [0.4, 0.5) is 5.69 Å². The van der Waals surface area contributed by atoms with Crippen LogP contribution in [0.1, 0.15) is 54.3 Å². The van der Waals surface area contributed by atoms with Crippen LogP contribution in [0.5, 0.6) is 0 Å². The Morgan fingerprint density at radius 2 is 1.95 bits per heavy atom. The van der Waals surface area contributed by atoms with Crippen LogP contribution in [0.3, 0.4) is 0 Å².